The second kappa shape index (κ2) is 58.9. The molecule has 0 radical (unpaired) electrons. The normalized spacial score (nSPS) is 18.9. The first-order chi connectivity index (χ1) is 25.9. The van der Waals surface area contributed by atoms with Crippen LogP contribution in [0.3, 0.4) is 0 Å². The Morgan fingerprint density at radius 1 is 0.175 bits per heavy atom. The Kier molecular flexibility index (Phi) is 101. The van der Waals surface area contributed by atoms with E-state index in [1.165, 1.54) is 0 Å². The molecular formula is FI56-. The van der Waals surface area contributed by atoms with Crippen molar-refractivity contribution < 1.29 is 20.7 Å². The second-order valence-electron chi connectivity index (χ2n) is 4.43. The van der Waals surface area contributed by atoms with Gasteiger partial charge in [0.05, 0.1) is 0 Å². The molecule has 0 atom stereocenters. The van der Waals surface area contributed by atoms with Gasteiger partial charge < -0.3 is 0 Å². The van der Waals surface area contributed by atoms with Gasteiger partial charge in [0.15, 0.2) is 0 Å². The van der Waals surface area contributed by atoms with Crippen molar-refractivity contribution in [1.82, 2.24) is 0 Å². The molecule has 0 aromatic rings. The second-order valence-corrected chi connectivity index (χ2v) is 1320. The van der Waals surface area contributed by atoms with E-state index in [9.17, 15) is 2.86 Å². The summed E-state index contributed by atoms with van der Waals surface area (Å²) in [5.74, 6) is 0. The number of halogens is 57. The third-order valence-electron chi connectivity index (χ3n) is 2.16. The molecule has 0 rings (SSSR count). The van der Waals surface area contributed by atoms with Gasteiger partial charge in [-0.1, -0.05) is 0 Å². The summed E-state index contributed by atoms with van der Waals surface area (Å²) in [5.41, 5.74) is 0. The average molecular weight is 7130 g/mol. The number of hydrogen-bond acceptors (Lipinski definition) is 0. The first kappa shape index (κ1) is 97.8. The third-order valence-corrected chi connectivity index (χ3v) is 4310. The summed E-state index contributed by atoms with van der Waals surface area (Å²) in [7, 11) is -16.8. The predicted octanol–water partition coefficient (Wildman–Crippen LogP) is 46.1. The summed E-state index contributed by atoms with van der Waals surface area (Å²) >= 11 is 90.5. The average Bonchev–Trinajstić information content (AvgIpc) is 3.21. The van der Waals surface area contributed by atoms with Crippen LogP contribution >= 0.6 is 734 Å². The molecule has 0 saturated carbocycles. The molecule has 400 valence electrons. The monoisotopic (exact) mass is 7130 g/mol. The van der Waals surface area contributed by atoms with Gasteiger partial charge >= 0.3 is 755 Å². The van der Waals surface area contributed by atoms with E-state index >= 15 is 0 Å². The molecular weight excluding hydrogens is 7130 g/mol. The van der Waals surface area contributed by atoms with Gasteiger partial charge in [-0.25, -0.2) is 0 Å². The molecule has 0 aliphatic carbocycles. The van der Waals surface area contributed by atoms with E-state index in [0.29, 0.717) is 0 Å². The van der Waals surface area contributed by atoms with E-state index in [4.69, 9.17) is 0 Å². The summed E-state index contributed by atoms with van der Waals surface area (Å²) in [6.45, 7) is 0. The summed E-state index contributed by atoms with van der Waals surface area (Å²) in [4.78, 5) is 0. The first-order valence-electron chi connectivity index (χ1n) is 8.00. The molecule has 0 aromatic heterocycles. The van der Waals surface area contributed by atoms with E-state index in [-0.39, 0.29) is 0 Å². The molecule has 0 bridgehead atoms. The van der Waals surface area contributed by atoms with Gasteiger partial charge in [-0.3, -0.25) is 0 Å². The fourth-order valence-electron chi connectivity index (χ4n) is 0.787. The Labute approximate surface area is 710 Å². The molecule has 0 heterocycles. The Bertz CT molecular complexity index is 1050. The van der Waals surface area contributed by atoms with Gasteiger partial charge in [-0.15, -0.1) is 0 Å². The van der Waals surface area contributed by atoms with Gasteiger partial charge in [0.2, 0.25) is 0 Å². The topological polar surface area (TPSA) is 0 Å². The predicted molar refractivity (Wildman–Crippen MR) is 772 cm³/mol. The molecule has 0 spiro atoms. The zero-order valence-electron chi connectivity index (χ0n) is 21.5. The minimum absolute atomic E-state index is 0.477. The van der Waals surface area contributed by atoms with Crippen LogP contribution in [0.15, 0.2) is 0 Å². The van der Waals surface area contributed by atoms with E-state index in [1.807, 2.05) is 0 Å². The fraction of sp³-hybridized carbons (Fsp3) is 0. The summed E-state index contributed by atoms with van der Waals surface area (Å²) < 4.78 is 13.9. The van der Waals surface area contributed by atoms with Crippen molar-refractivity contribution in [3.05, 3.63) is 0 Å². The van der Waals surface area contributed by atoms with Gasteiger partial charge in [0, 0.05) is 0 Å². The van der Waals surface area contributed by atoms with Crippen LogP contribution in [-0.2, 0) is 0 Å². The maximum atomic E-state index is 13.9. The van der Waals surface area contributed by atoms with Gasteiger partial charge in [-0.2, -0.15) is 0 Å². The van der Waals surface area contributed by atoms with Gasteiger partial charge in [-0.05, 0) is 0 Å². The zero-order chi connectivity index (χ0) is 45.3. The van der Waals surface area contributed by atoms with Crippen molar-refractivity contribution >= 4 is 734 Å². The van der Waals surface area contributed by atoms with Crippen LogP contribution in [0.2, 0.25) is 0 Å². The van der Waals surface area contributed by atoms with Crippen molar-refractivity contribution in [2.75, 3.05) is 0 Å². The molecule has 0 unspecified atom stereocenters. The first-order valence-corrected chi connectivity index (χ1v) is 355. The molecule has 0 fully saturated rings. The van der Waals surface area contributed by atoms with Crippen LogP contribution in [-0.4, -0.2) is 0 Å². The SMILES string of the molecule is F[I-]I(I)I(I)I(I)I(I)I(I)I(I)I(I)I(I)I(I)I(I)I(I)I(I)I(I)I(I)I(I)I(I)I(I)I(I)I(I)I(I)I(I)I(I)I(I)I(I)I(I)I(I)I(I)I. The molecule has 0 aliphatic heterocycles. The molecule has 0 amide bonds. The zero-order valence-corrected chi connectivity index (χ0v) is 142. The van der Waals surface area contributed by atoms with Crippen molar-refractivity contribution in [3.63, 3.8) is 0 Å². The van der Waals surface area contributed by atoms with Crippen molar-refractivity contribution in [3.8, 4) is 0 Å². The Morgan fingerprint density at radius 3 is 0.386 bits per heavy atom. The Hall–Kier alpha value is 40.8. The molecule has 0 aromatic carbocycles. The van der Waals surface area contributed by atoms with Crippen LogP contribution in [0.1, 0.15) is 0 Å². The number of rotatable bonds is 27. The van der Waals surface area contributed by atoms with Crippen LogP contribution in [0, 0.1) is 0 Å². The summed E-state index contributed by atoms with van der Waals surface area (Å²) in [6, 6.07) is 0. The van der Waals surface area contributed by atoms with E-state index in [1.54, 1.807) is 0 Å². The Morgan fingerprint density at radius 2 is 0.281 bits per heavy atom. The van der Waals surface area contributed by atoms with Crippen LogP contribution < -0.4 is 17.8 Å². The van der Waals surface area contributed by atoms with Crippen LogP contribution in [0.25, 0.3) is 0 Å². The third kappa shape index (κ3) is 40.4. The van der Waals surface area contributed by atoms with Crippen molar-refractivity contribution in [2.24, 2.45) is 0 Å². The molecule has 0 N–H and O–H groups in total. The molecule has 57 heavy (non-hydrogen) atoms. The van der Waals surface area contributed by atoms with E-state index in [0.717, 1.165) is 0 Å². The Balaban J connectivity index is 5.64. The molecule has 57 heteroatoms. The van der Waals surface area contributed by atoms with E-state index in [2.05, 4.69) is 521 Å². The fourth-order valence-corrected chi connectivity index (χ4v) is 10500. The standard InChI is InChI=1S/FI56/c1-30-32(4)34(6)36(8)38(10)40(12)42(14)44(16)46(18)48(20)50(22)52(24)54(26)56(28)57(29)55(27)53(25)51(23)49(21)47(19)45(17)43(15)41(13)39(11)37(9)35(7)33(5)31(2)3/q-1. The van der Waals surface area contributed by atoms with Crippen molar-refractivity contribution in [1.29, 1.82) is 0 Å². The quantitative estimate of drug-likeness (QED) is 0.0719. The van der Waals surface area contributed by atoms with Crippen LogP contribution in [0.5, 0.6) is 0 Å². The van der Waals surface area contributed by atoms with E-state index < -0.39 is 231 Å². The molecule has 0 nitrogen and oxygen atoms in total. The van der Waals surface area contributed by atoms with Crippen LogP contribution in [0.4, 0.5) is 2.86 Å². The maximum absolute atomic E-state index is 13.9. The molecule has 0 saturated heterocycles. The summed E-state index contributed by atoms with van der Waals surface area (Å²) in [5, 5.41) is 0. The minimum atomic E-state index is -1.06. The van der Waals surface area contributed by atoms with Gasteiger partial charge in [0.1, 0.15) is 0 Å². The van der Waals surface area contributed by atoms with Gasteiger partial charge in [0.25, 0.3) is 0 Å². The molecule has 0 aliphatic rings. The summed E-state index contributed by atoms with van der Waals surface area (Å²) in [6.07, 6.45) is 0. The number of hydrogen-bond donors (Lipinski definition) is 0. The van der Waals surface area contributed by atoms with Crippen molar-refractivity contribution in [2.45, 2.75) is 0 Å².